The number of amides is 2. The molecule has 4 nitrogen and oxygen atoms in total. The van der Waals surface area contributed by atoms with E-state index in [1.165, 1.54) is 19.3 Å². The first-order chi connectivity index (χ1) is 10.1. The summed E-state index contributed by atoms with van der Waals surface area (Å²) >= 11 is 0. The topological polar surface area (TPSA) is 49.4 Å². The van der Waals surface area contributed by atoms with Crippen LogP contribution in [0, 0.1) is 5.92 Å². The monoisotopic (exact) mass is 292 g/mol. The molecule has 1 aliphatic heterocycles. The largest absolute Gasteiger partial charge is 0.340 e. The van der Waals surface area contributed by atoms with Crippen molar-refractivity contribution >= 4 is 11.8 Å². The lowest BCUT2D eigenvalue weighted by atomic mass is 9.79. The molecule has 4 heteroatoms. The maximum Gasteiger partial charge on any atom is 0.249 e. The Kier molecular flexibility index (Phi) is 3.98. The first-order valence-corrected chi connectivity index (χ1v) is 8.74. The SMILES string of the molecule is CCC1CCCCC1N1C(=O)C2(CCCC2)NC(=O)C1C. The van der Waals surface area contributed by atoms with E-state index >= 15 is 0 Å². The predicted octanol–water partition coefficient (Wildman–Crippen LogP) is 2.61. The van der Waals surface area contributed by atoms with Crippen LogP contribution in [0.3, 0.4) is 0 Å². The maximum atomic E-state index is 13.2. The van der Waals surface area contributed by atoms with Crippen molar-refractivity contribution < 1.29 is 9.59 Å². The van der Waals surface area contributed by atoms with Crippen LogP contribution in [0.2, 0.25) is 0 Å². The minimum absolute atomic E-state index is 0.0527. The smallest absolute Gasteiger partial charge is 0.249 e. The van der Waals surface area contributed by atoms with Gasteiger partial charge in [0.05, 0.1) is 0 Å². The summed E-state index contributed by atoms with van der Waals surface area (Å²) in [4.78, 5) is 27.6. The minimum atomic E-state index is -0.570. The van der Waals surface area contributed by atoms with Gasteiger partial charge in [0.1, 0.15) is 11.6 Å². The van der Waals surface area contributed by atoms with Crippen LogP contribution in [-0.4, -0.2) is 34.3 Å². The number of hydrogen-bond donors (Lipinski definition) is 1. The van der Waals surface area contributed by atoms with Crippen LogP contribution in [0.1, 0.15) is 71.6 Å². The van der Waals surface area contributed by atoms with E-state index in [1.54, 1.807) is 0 Å². The molecule has 21 heavy (non-hydrogen) atoms. The van der Waals surface area contributed by atoms with Crippen molar-refractivity contribution in [3.05, 3.63) is 0 Å². The van der Waals surface area contributed by atoms with Gasteiger partial charge >= 0.3 is 0 Å². The van der Waals surface area contributed by atoms with Gasteiger partial charge in [-0.2, -0.15) is 0 Å². The van der Waals surface area contributed by atoms with Gasteiger partial charge in [-0.1, -0.05) is 39.0 Å². The normalized spacial score (nSPS) is 36.1. The molecule has 3 atom stereocenters. The molecular weight excluding hydrogens is 264 g/mol. The summed E-state index contributed by atoms with van der Waals surface area (Å²) < 4.78 is 0. The number of hydrogen-bond acceptors (Lipinski definition) is 2. The van der Waals surface area contributed by atoms with E-state index in [0.717, 1.165) is 38.5 Å². The molecule has 118 valence electrons. The summed E-state index contributed by atoms with van der Waals surface area (Å²) in [6.45, 7) is 4.11. The maximum absolute atomic E-state index is 13.2. The second-order valence-electron chi connectivity index (χ2n) is 7.19. The molecule has 3 unspecified atom stereocenters. The molecule has 0 aromatic rings. The lowest BCUT2D eigenvalue weighted by Gasteiger charge is -2.49. The third kappa shape index (κ3) is 2.36. The Morgan fingerprint density at radius 2 is 1.81 bits per heavy atom. The van der Waals surface area contributed by atoms with Gasteiger partial charge in [-0.3, -0.25) is 9.59 Å². The van der Waals surface area contributed by atoms with Crippen LogP contribution in [-0.2, 0) is 9.59 Å². The van der Waals surface area contributed by atoms with Crippen molar-refractivity contribution in [2.24, 2.45) is 5.92 Å². The third-order valence-corrected chi connectivity index (χ3v) is 6.01. The molecular formula is C17H28N2O2. The Labute approximate surface area is 127 Å². The van der Waals surface area contributed by atoms with Gasteiger partial charge in [-0.25, -0.2) is 0 Å². The molecule has 2 amide bonds. The summed E-state index contributed by atoms with van der Waals surface area (Å²) in [6, 6.07) is -0.0318. The molecule has 3 aliphatic rings. The van der Waals surface area contributed by atoms with Crippen molar-refractivity contribution in [3.63, 3.8) is 0 Å². The van der Waals surface area contributed by atoms with Crippen LogP contribution in [0.25, 0.3) is 0 Å². The molecule has 2 aliphatic carbocycles. The molecule has 0 bridgehead atoms. The van der Waals surface area contributed by atoms with Crippen LogP contribution >= 0.6 is 0 Å². The molecule has 1 spiro atoms. The van der Waals surface area contributed by atoms with Crippen LogP contribution < -0.4 is 5.32 Å². The highest BCUT2D eigenvalue weighted by atomic mass is 16.2. The zero-order chi connectivity index (χ0) is 15.0. The Bertz CT molecular complexity index is 429. The van der Waals surface area contributed by atoms with Crippen LogP contribution in [0.5, 0.6) is 0 Å². The highest BCUT2D eigenvalue weighted by Gasteiger charge is 2.53. The quantitative estimate of drug-likeness (QED) is 0.850. The second-order valence-corrected chi connectivity index (χ2v) is 7.19. The van der Waals surface area contributed by atoms with E-state index < -0.39 is 5.54 Å². The molecule has 0 aromatic heterocycles. The van der Waals surface area contributed by atoms with Gasteiger partial charge in [0.15, 0.2) is 0 Å². The standard InChI is InChI=1S/C17H28N2O2/c1-3-13-8-4-5-9-14(13)19-12(2)15(20)18-17(16(19)21)10-6-7-11-17/h12-14H,3-11H2,1-2H3,(H,18,20). The zero-order valence-corrected chi connectivity index (χ0v) is 13.4. The molecule has 1 N–H and O–H groups in total. The number of piperazine rings is 1. The van der Waals surface area contributed by atoms with Crippen molar-refractivity contribution in [2.45, 2.75) is 89.3 Å². The Hall–Kier alpha value is -1.06. The van der Waals surface area contributed by atoms with E-state index in [2.05, 4.69) is 12.2 Å². The van der Waals surface area contributed by atoms with Gasteiger partial charge in [0, 0.05) is 6.04 Å². The van der Waals surface area contributed by atoms with Gasteiger partial charge in [0.25, 0.3) is 0 Å². The number of rotatable bonds is 2. The minimum Gasteiger partial charge on any atom is -0.340 e. The summed E-state index contributed by atoms with van der Waals surface area (Å²) in [5.41, 5.74) is -0.570. The lowest BCUT2D eigenvalue weighted by molar-refractivity contribution is -0.159. The molecule has 3 fully saturated rings. The van der Waals surface area contributed by atoms with E-state index in [4.69, 9.17) is 0 Å². The second kappa shape index (κ2) is 5.62. The molecule has 1 heterocycles. The first kappa shape index (κ1) is 14.9. The van der Waals surface area contributed by atoms with Crippen LogP contribution in [0.15, 0.2) is 0 Å². The zero-order valence-electron chi connectivity index (χ0n) is 13.4. The predicted molar refractivity (Wildman–Crippen MR) is 81.7 cm³/mol. The van der Waals surface area contributed by atoms with Gasteiger partial charge in [-0.15, -0.1) is 0 Å². The summed E-state index contributed by atoms with van der Waals surface area (Å²) in [5.74, 6) is 0.823. The molecule has 0 radical (unpaired) electrons. The number of nitrogens with zero attached hydrogens (tertiary/aromatic N) is 1. The first-order valence-electron chi connectivity index (χ1n) is 8.74. The average Bonchev–Trinajstić information content (AvgIpc) is 2.96. The van der Waals surface area contributed by atoms with Crippen molar-refractivity contribution in [2.75, 3.05) is 0 Å². The van der Waals surface area contributed by atoms with Crippen molar-refractivity contribution in [1.82, 2.24) is 10.2 Å². The summed E-state index contributed by atoms with van der Waals surface area (Å²) in [5, 5.41) is 3.06. The molecule has 1 saturated heterocycles. The van der Waals surface area contributed by atoms with E-state index in [-0.39, 0.29) is 23.9 Å². The fourth-order valence-corrected chi connectivity index (χ4v) is 4.73. The Balaban J connectivity index is 1.90. The fourth-order valence-electron chi connectivity index (χ4n) is 4.73. The van der Waals surface area contributed by atoms with E-state index in [1.807, 2.05) is 11.8 Å². The fraction of sp³-hybridized carbons (Fsp3) is 0.882. The van der Waals surface area contributed by atoms with Gasteiger partial charge in [0.2, 0.25) is 11.8 Å². The lowest BCUT2D eigenvalue weighted by Crippen LogP contribution is -2.71. The van der Waals surface area contributed by atoms with Crippen molar-refractivity contribution in [3.8, 4) is 0 Å². The number of carbonyl (C=O) groups is 2. The number of carbonyl (C=O) groups excluding carboxylic acids is 2. The van der Waals surface area contributed by atoms with Crippen LogP contribution in [0.4, 0.5) is 0 Å². The molecule has 3 rings (SSSR count). The highest BCUT2D eigenvalue weighted by Crippen LogP contribution is 2.39. The Morgan fingerprint density at radius 3 is 2.48 bits per heavy atom. The number of nitrogens with one attached hydrogen (secondary N) is 1. The highest BCUT2D eigenvalue weighted by molar-refractivity contribution is 6.00. The molecule has 0 aromatic carbocycles. The third-order valence-electron chi connectivity index (χ3n) is 6.01. The molecule has 2 saturated carbocycles. The summed E-state index contributed by atoms with van der Waals surface area (Å²) in [6.07, 6.45) is 9.58. The van der Waals surface area contributed by atoms with E-state index in [9.17, 15) is 9.59 Å². The Morgan fingerprint density at radius 1 is 1.14 bits per heavy atom. The van der Waals surface area contributed by atoms with Gasteiger partial charge in [-0.05, 0) is 38.5 Å². The van der Waals surface area contributed by atoms with E-state index in [0.29, 0.717) is 5.92 Å². The summed E-state index contributed by atoms with van der Waals surface area (Å²) in [7, 11) is 0. The van der Waals surface area contributed by atoms with Crippen molar-refractivity contribution in [1.29, 1.82) is 0 Å². The van der Waals surface area contributed by atoms with Gasteiger partial charge < -0.3 is 10.2 Å². The average molecular weight is 292 g/mol.